The quantitative estimate of drug-likeness (QED) is 0.757. The summed E-state index contributed by atoms with van der Waals surface area (Å²) < 4.78 is 25.9. The average molecular weight is 263 g/mol. The fourth-order valence-corrected chi connectivity index (χ4v) is 3.99. The minimum Gasteiger partial charge on any atom is -0.480 e. The summed E-state index contributed by atoms with van der Waals surface area (Å²) in [6, 6.07) is -0.997. The molecule has 1 aliphatic carbocycles. The predicted molar refractivity (Wildman–Crippen MR) is 65.2 cm³/mol. The summed E-state index contributed by atoms with van der Waals surface area (Å²) in [7, 11) is -3.47. The molecule has 17 heavy (non-hydrogen) atoms. The van der Waals surface area contributed by atoms with Crippen LogP contribution >= 0.6 is 0 Å². The van der Waals surface area contributed by atoms with E-state index >= 15 is 0 Å². The third-order valence-electron chi connectivity index (χ3n) is 3.21. The van der Waals surface area contributed by atoms with Crippen LogP contribution in [0.5, 0.6) is 0 Å². The van der Waals surface area contributed by atoms with Crippen molar-refractivity contribution in [3.8, 4) is 0 Å². The lowest BCUT2D eigenvalue weighted by atomic mass is 9.91. The Balaban J connectivity index is 2.52. The van der Waals surface area contributed by atoms with Crippen LogP contribution in [0, 0.1) is 5.92 Å². The van der Waals surface area contributed by atoms with Crippen molar-refractivity contribution in [1.29, 1.82) is 0 Å². The Kier molecular flexibility index (Phi) is 5.39. The zero-order valence-electron chi connectivity index (χ0n) is 10.2. The third-order valence-corrected chi connectivity index (χ3v) is 4.76. The van der Waals surface area contributed by atoms with Crippen molar-refractivity contribution in [3.05, 3.63) is 0 Å². The lowest BCUT2D eigenvalue weighted by Gasteiger charge is -2.22. The molecule has 0 amide bonds. The van der Waals surface area contributed by atoms with Crippen molar-refractivity contribution in [1.82, 2.24) is 4.72 Å². The van der Waals surface area contributed by atoms with Crippen molar-refractivity contribution >= 4 is 16.0 Å². The van der Waals surface area contributed by atoms with Gasteiger partial charge in [-0.05, 0) is 25.2 Å². The molecule has 100 valence electrons. The summed E-state index contributed by atoms with van der Waals surface area (Å²) in [6.45, 7) is 1.65. The van der Waals surface area contributed by atoms with Crippen LogP contribution in [-0.2, 0) is 14.8 Å². The van der Waals surface area contributed by atoms with Crippen LogP contribution < -0.4 is 4.72 Å². The number of rotatable bonds is 6. The van der Waals surface area contributed by atoms with Crippen molar-refractivity contribution in [2.24, 2.45) is 5.92 Å². The summed E-state index contributed by atoms with van der Waals surface area (Å²) >= 11 is 0. The molecule has 0 aliphatic heterocycles. The zero-order valence-corrected chi connectivity index (χ0v) is 11.0. The van der Waals surface area contributed by atoms with Crippen molar-refractivity contribution < 1.29 is 18.3 Å². The highest BCUT2D eigenvalue weighted by Crippen LogP contribution is 2.24. The fourth-order valence-electron chi connectivity index (χ4n) is 2.24. The van der Waals surface area contributed by atoms with Gasteiger partial charge < -0.3 is 5.11 Å². The predicted octanol–water partition coefficient (Wildman–Crippen LogP) is 1.35. The molecule has 1 rings (SSSR count). The Bertz CT molecular complexity index is 346. The molecule has 0 bridgehead atoms. The number of carbonyl (C=O) groups is 1. The van der Waals surface area contributed by atoms with Gasteiger partial charge in [-0.25, -0.2) is 13.1 Å². The number of carboxylic acids is 1. The van der Waals surface area contributed by atoms with Crippen LogP contribution in [0.3, 0.4) is 0 Å². The molecular weight excluding hydrogens is 242 g/mol. The lowest BCUT2D eigenvalue weighted by molar-refractivity contribution is -0.139. The van der Waals surface area contributed by atoms with E-state index in [1.165, 1.54) is 6.42 Å². The van der Waals surface area contributed by atoms with Gasteiger partial charge in [0.05, 0.1) is 5.75 Å². The summed E-state index contributed by atoms with van der Waals surface area (Å²) in [5.74, 6) is -0.858. The van der Waals surface area contributed by atoms with E-state index in [1.54, 1.807) is 6.92 Å². The van der Waals surface area contributed by atoms with Gasteiger partial charge in [0.15, 0.2) is 0 Å². The first-order chi connectivity index (χ1) is 7.94. The molecule has 1 atom stereocenters. The number of nitrogens with one attached hydrogen (secondary N) is 1. The Morgan fingerprint density at radius 3 is 2.41 bits per heavy atom. The fraction of sp³-hybridized carbons (Fsp3) is 0.909. The van der Waals surface area contributed by atoms with Gasteiger partial charge in [0.2, 0.25) is 10.0 Å². The topological polar surface area (TPSA) is 83.5 Å². The van der Waals surface area contributed by atoms with E-state index < -0.39 is 22.0 Å². The summed E-state index contributed by atoms with van der Waals surface area (Å²) in [4.78, 5) is 10.8. The van der Waals surface area contributed by atoms with Gasteiger partial charge >= 0.3 is 5.97 Å². The molecule has 0 saturated heterocycles. The van der Waals surface area contributed by atoms with E-state index in [1.807, 2.05) is 0 Å². The second-order valence-corrected chi connectivity index (χ2v) is 6.50. The second kappa shape index (κ2) is 6.35. The summed E-state index contributed by atoms with van der Waals surface area (Å²) in [5, 5.41) is 8.82. The van der Waals surface area contributed by atoms with E-state index in [2.05, 4.69) is 4.72 Å². The molecule has 5 nitrogen and oxygen atoms in total. The van der Waals surface area contributed by atoms with Gasteiger partial charge in [-0.2, -0.15) is 0 Å². The molecule has 0 aromatic carbocycles. The molecule has 0 aromatic heterocycles. The van der Waals surface area contributed by atoms with Crippen molar-refractivity contribution in [3.63, 3.8) is 0 Å². The van der Waals surface area contributed by atoms with Crippen LogP contribution in [0.4, 0.5) is 0 Å². The van der Waals surface area contributed by atoms with Gasteiger partial charge in [-0.1, -0.05) is 26.2 Å². The van der Waals surface area contributed by atoms with Crippen molar-refractivity contribution in [2.45, 2.75) is 51.5 Å². The highest BCUT2D eigenvalue weighted by Gasteiger charge is 2.26. The van der Waals surface area contributed by atoms with Crippen LogP contribution in [0.15, 0.2) is 0 Å². The third kappa shape index (κ3) is 5.04. The monoisotopic (exact) mass is 263 g/mol. The molecular formula is C11H21NO4S. The van der Waals surface area contributed by atoms with Crippen LogP contribution in [0.25, 0.3) is 0 Å². The zero-order chi connectivity index (χ0) is 12.9. The normalized spacial score (nSPS) is 20.1. The number of carboxylic acid groups (broad SMARTS) is 1. The number of aliphatic carboxylic acids is 1. The van der Waals surface area contributed by atoms with E-state index in [0.29, 0.717) is 0 Å². The van der Waals surface area contributed by atoms with E-state index in [0.717, 1.165) is 25.7 Å². The first-order valence-corrected chi connectivity index (χ1v) is 7.82. The number of sulfonamides is 1. The second-order valence-electron chi connectivity index (χ2n) is 4.70. The van der Waals surface area contributed by atoms with Crippen LogP contribution in [-0.4, -0.2) is 31.3 Å². The molecule has 0 radical (unpaired) electrons. The van der Waals surface area contributed by atoms with E-state index in [4.69, 9.17) is 5.11 Å². The van der Waals surface area contributed by atoms with Gasteiger partial charge in [0, 0.05) is 0 Å². The summed E-state index contributed by atoms with van der Waals surface area (Å²) in [6.07, 6.45) is 5.47. The molecule has 1 fully saturated rings. The summed E-state index contributed by atoms with van der Waals surface area (Å²) in [5.41, 5.74) is 0. The van der Waals surface area contributed by atoms with Gasteiger partial charge in [-0.15, -0.1) is 0 Å². The minimum atomic E-state index is -3.47. The highest BCUT2D eigenvalue weighted by atomic mass is 32.2. The SMILES string of the molecule is CC[C@@H](NS(=O)(=O)CC1CCCCC1)C(=O)O. The van der Waals surface area contributed by atoms with Crippen LogP contribution in [0.2, 0.25) is 0 Å². The van der Waals surface area contributed by atoms with Gasteiger partial charge in [0.1, 0.15) is 6.04 Å². The highest BCUT2D eigenvalue weighted by molar-refractivity contribution is 7.89. The Hall–Kier alpha value is -0.620. The minimum absolute atomic E-state index is 0.0663. The molecule has 2 N–H and O–H groups in total. The van der Waals surface area contributed by atoms with Crippen LogP contribution in [0.1, 0.15) is 45.4 Å². The average Bonchev–Trinajstić information content (AvgIpc) is 2.26. The Labute approximate surface area is 103 Å². The first-order valence-electron chi connectivity index (χ1n) is 6.17. The Morgan fingerprint density at radius 1 is 1.35 bits per heavy atom. The van der Waals surface area contributed by atoms with E-state index in [-0.39, 0.29) is 18.1 Å². The number of hydrogen-bond donors (Lipinski definition) is 2. The van der Waals surface area contributed by atoms with Gasteiger partial charge in [0.25, 0.3) is 0 Å². The maximum atomic E-state index is 11.8. The first kappa shape index (κ1) is 14.4. The largest absolute Gasteiger partial charge is 0.480 e. The molecule has 0 aromatic rings. The van der Waals surface area contributed by atoms with Gasteiger partial charge in [-0.3, -0.25) is 4.79 Å². The maximum Gasteiger partial charge on any atom is 0.321 e. The molecule has 0 spiro atoms. The molecule has 6 heteroatoms. The molecule has 0 heterocycles. The van der Waals surface area contributed by atoms with Crippen molar-refractivity contribution in [2.75, 3.05) is 5.75 Å². The smallest absolute Gasteiger partial charge is 0.321 e. The lowest BCUT2D eigenvalue weighted by Crippen LogP contribution is -2.42. The maximum absolute atomic E-state index is 11.8. The molecule has 0 unspecified atom stereocenters. The van der Waals surface area contributed by atoms with E-state index in [9.17, 15) is 13.2 Å². The number of hydrogen-bond acceptors (Lipinski definition) is 3. The molecule has 1 saturated carbocycles. The molecule has 1 aliphatic rings. The standard InChI is InChI=1S/C11H21NO4S/c1-2-10(11(13)14)12-17(15,16)8-9-6-4-3-5-7-9/h9-10,12H,2-8H2,1H3,(H,13,14)/t10-/m1/s1. The Morgan fingerprint density at radius 2 is 1.94 bits per heavy atom.